The van der Waals surface area contributed by atoms with Crippen LogP contribution < -0.4 is 10.0 Å². The van der Waals surface area contributed by atoms with E-state index in [0.717, 1.165) is 25.6 Å². The Kier molecular flexibility index (Phi) is 5.10. The van der Waals surface area contributed by atoms with Crippen molar-refractivity contribution < 1.29 is 17.2 Å². The van der Waals surface area contributed by atoms with Gasteiger partial charge in [0, 0.05) is 18.3 Å². The largest absolute Gasteiger partial charge is 0.381 e. The Bertz CT molecular complexity index is 921. The number of likely N-dealkylation sites (N-methyl/N-ethyl adjacent to an activating group) is 1. The van der Waals surface area contributed by atoms with Crippen LogP contribution in [0, 0.1) is 18.7 Å². The Labute approximate surface area is 151 Å². The van der Waals surface area contributed by atoms with E-state index in [1.165, 1.54) is 24.3 Å². The summed E-state index contributed by atoms with van der Waals surface area (Å²) in [7, 11) is -2.22. The summed E-state index contributed by atoms with van der Waals surface area (Å²) in [6.45, 7) is 3.50. The Balaban J connectivity index is 1.84. The molecule has 2 aromatic rings. The molecular formula is C17H20F2N4O2S. The number of hydrogen-bond acceptors (Lipinski definition) is 5. The highest BCUT2D eigenvalue weighted by Crippen LogP contribution is 2.26. The zero-order chi connectivity index (χ0) is 18.9. The van der Waals surface area contributed by atoms with E-state index < -0.39 is 26.7 Å². The van der Waals surface area contributed by atoms with E-state index >= 15 is 0 Å². The van der Waals surface area contributed by atoms with E-state index in [0.29, 0.717) is 11.3 Å². The van der Waals surface area contributed by atoms with Gasteiger partial charge in [-0.2, -0.15) is 4.39 Å². The fourth-order valence-electron chi connectivity index (χ4n) is 2.95. The van der Waals surface area contributed by atoms with Crippen molar-refractivity contribution in [2.45, 2.75) is 24.3 Å². The first-order valence-corrected chi connectivity index (χ1v) is 9.63. The van der Waals surface area contributed by atoms with Crippen LogP contribution in [0.5, 0.6) is 0 Å². The van der Waals surface area contributed by atoms with Crippen LogP contribution in [0.25, 0.3) is 0 Å². The van der Waals surface area contributed by atoms with Crippen LogP contribution >= 0.6 is 0 Å². The lowest BCUT2D eigenvalue weighted by Gasteiger charge is -2.17. The van der Waals surface area contributed by atoms with E-state index in [1.807, 2.05) is 7.05 Å². The highest BCUT2D eigenvalue weighted by atomic mass is 32.2. The number of sulfonamides is 1. The number of rotatable bonds is 5. The van der Waals surface area contributed by atoms with Gasteiger partial charge in [0.1, 0.15) is 16.5 Å². The zero-order valence-electron chi connectivity index (χ0n) is 14.5. The van der Waals surface area contributed by atoms with Crippen molar-refractivity contribution in [1.82, 2.24) is 9.88 Å². The molecule has 140 valence electrons. The van der Waals surface area contributed by atoms with Crippen molar-refractivity contribution >= 4 is 21.5 Å². The molecule has 0 unspecified atom stereocenters. The summed E-state index contributed by atoms with van der Waals surface area (Å²) in [4.78, 5) is 5.09. The fraction of sp³-hybridized carbons (Fsp3) is 0.353. The smallest absolute Gasteiger partial charge is 0.265 e. The maximum Gasteiger partial charge on any atom is 0.265 e. The molecule has 1 fully saturated rings. The molecule has 0 amide bonds. The average molecular weight is 382 g/mol. The average Bonchev–Trinajstić information content (AvgIpc) is 2.95. The molecule has 1 aliphatic rings. The standard InChI is InChI=1S/C17H20F2N4O2S/c1-11-8-15(26(24,25)22-17-5-3-4-16(19)21-17)13(18)9-14(11)20-12-6-7-23(2)10-12/h3-5,8-9,12,20H,6-7,10H2,1-2H3,(H,21,22)/t12-/m0/s1. The van der Waals surface area contributed by atoms with Gasteiger partial charge in [0.15, 0.2) is 0 Å². The first kappa shape index (κ1) is 18.5. The third-order valence-corrected chi connectivity index (χ3v) is 5.64. The van der Waals surface area contributed by atoms with Gasteiger partial charge in [-0.15, -0.1) is 0 Å². The molecule has 3 rings (SSSR count). The summed E-state index contributed by atoms with van der Waals surface area (Å²) in [5, 5.41) is 3.26. The fourth-order valence-corrected chi connectivity index (χ4v) is 4.09. The number of likely N-dealkylation sites (tertiary alicyclic amines) is 1. The molecule has 1 atom stereocenters. The molecule has 1 aliphatic heterocycles. The van der Waals surface area contributed by atoms with Crippen LogP contribution in [-0.2, 0) is 10.0 Å². The van der Waals surface area contributed by atoms with Crippen molar-refractivity contribution in [2.24, 2.45) is 0 Å². The van der Waals surface area contributed by atoms with Gasteiger partial charge in [-0.3, -0.25) is 4.72 Å². The van der Waals surface area contributed by atoms with Crippen LogP contribution in [0.1, 0.15) is 12.0 Å². The molecule has 0 aliphatic carbocycles. The summed E-state index contributed by atoms with van der Waals surface area (Å²) in [6.07, 6.45) is 0.935. The van der Waals surface area contributed by atoms with E-state index in [-0.39, 0.29) is 11.9 Å². The van der Waals surface area contributed by atoms with Crippen LogP contribution in [-0.4, -0.2) is 44.5 Å². The van der Waals surface area contributed by atoms with E-state index in [4.69, 9.17) is 0 Å². The van der Waals surface area contributed by atoms with Crippen molar-refractivity contribution in [3.05, 3.63) is 47.7 Å². The quantitative estimate of drug-likeness (QED) is 0.778. The van der Waals surface area contributed by atoms with E-state index in [9.17, 15) is 17.2 Å². The van der Waals surface area contributed by atoms with Crippen molar-refractivity contribution in [1.29, 1.82) is 0 Å². The first-order chi connectivity index (χ1) is 12.2. The van der Waals surface area contributed by atoms with Gasteiger partial charge in [0.2, 0.25) is 5.95 Å². The number of anilines is 2. The molecule has 26 heavy (non-hydrogen) atoms. The summed E-state index contributed by atoms with van der Waals surface area (Å²) in [5.74, 6) is -1.92. The lowest BCUT2D eigenvalue weighted by atomic mass is 10.1. The Morgan fingerprint density at radius 1 is 1.27 bits per heavy atom. The van der Waals surface area contributed by atoms with Crippen molar-refractivity contribution in [3.8, 4) is 0 Å². The van der Waals surface area contributed by atoms with Gasteiger partial charge in [-0.05, 0) is 56.8 Å². The molecule has 6 nitrogen and oxygen atoms in total. The van der Waals surface area contributed by atoms with Crippen LogP contribution in [0.4, 0.5) is 20.3 Å². The molecule has 0 bridgehead atoms. The maximum atomic E-state index is 14.5. The second-order valence-electron chi connectivity index (χ2n) is 6.44. The summed E-state index contributed by atoms with van der Waals surface area (Å²) < 4.78 is 54.6. The summed E-state index contributed by atoms with van der Waals surface area (Å²) in [6, 6.07) is 6.32. The first-order valence-electron chi connectivity index (χ1n) is 8.15. The third kappa shape index (κ3) is 4.10. The highest BCUT2D eigenvalue weighted by Gasteiger charge is 2.24. The number of benzene rings is 1. The third-order valence-electron chi connectivity index (χ3n) is 4.27. The molecular weight excluding hydrogens is 362 g/mol. The minimum Gasteiger partial charge on any atom is -0.381 e. The number of pyridine rings is 1. The van der Waals surface area contributed by atoms with E-state index in [2.05, 4.69) is 19.9 Å². The molecule has 1 saturated heterocycles. The number of hydrogen-bond donors (Lipinski definition) is 2. The zero-order valence-corrected chi connectivity index (χ0v) is 15.3. The number of nitrogens with zero attached hydrogens (tertiary/aromatic N) is 2. The molecule has 0 spiro atoms. The van der Waals surface area contributed by atoms with Gasteiger partial charge in [-0.1, -0.05) is 6.07 Å². The van der Waals surface area contributed by atoms with Crippen LogP contribution in [0.15, 0.2) is 35.2 Å². The van der Waals surface area contributed by atoms with Crippen molar-refractivity contribution in [2.75, 3.05) is 30.2 Å². The molecule has 0 radical (unpaired) electrons. The topological polar surface area (TPSA) is 74.3 Å². The van der Waals surface area contributed by atoms with Gasteiger partial charge in [0.25, 0.3) is 10.0 Å². The van der Waals surface area contributed by atoms with Crippen LogP contribution in [0.3, 0.4) is 0 Å². The lowest BCUT2D eigenvalue weighted by Crippen LogP contribution is -2.24. The number of nitrogens with one attached hydrogen (secondary N) is 2. The lowest BCUT2D eigenvalue weighted by molar-refractivity contribution is 0.414. The second kappa shape index (κ2) is 7.16. The normalized spacial score (nSPS) is 18.1. The number of halogens is 2. The summed E-state index contributed by atoms with van der Waals surface area (Å²) >= 11 is 0. The van der Waals surface area contributed by atoms with Gasteiger partial charge < -0.3 is 10.2 Å². The predicted octanol–water partition coefficient (Wildman–Crippen LogP) is 2.59. The maximum absolute atomic E-state index is 14.5. The SMILES string of the molecule is Cc1cc(S(=O)(=O)Nc2cccc(F)n2)c(F)cc1N[C@H]1CCN(C)C1. The Hall–Kier alpha value is -2.26. The molecule has 2 N–H and O–H groups in total. The van der Waals surface area contributed by atoms with Gasteiger partial charge >= 0.3 is 0 Å². The molecule has 0 saturated carbocycles. The molecule has 2 heterocycles. The number of aromatic nitrogens is 1. The molecule has 9 heteroatoms. The second-order valence-corrected chi connectivity index (χ2v) is 8.09. The van der Waals surface area contributed by atoms with Gasteiger partial charge in [0.05, 0.1) is 0 Å². The van der Waals surface area contributed by atoms with E-state index in [1.54, 1.807) is 6.92 Å². The Morgan fingerprint density at radius 3 is 2.69 bits per heavy atom. The van der Waals surface area contributed by atoms with Gasteiger partial charge in [-0.25, -0.2) is 17.8 Å². The molecule has 1 aromatic heterocycles. The highest BCUT2D eigenvalue weighted by molar-refractivity contribution is 7.92. The summed E-state index contributed by atoms with van der Waals surface area (Å²) in [5.41, 5.74) is 1.17. The molecule has 1 aromatic carbocycles. The number of aryl methyl sites for hydroxylation is 1. The minimum atomic E-state index is -4.23. The minimum absolute atomic E-state index is 0.190. The van der Waals surface area contributed by atoms with Crippen molar-refractivity contribution in [3.63, 3.8) is 0 Å². The van der Waals surface area contributed by atoms with Crippen LogP contribution in [0.2, 0.25) is 0 Å². The predicted molar refractivity (Wildman–Crippen MR) is 95.7 cm³/mol. The Morgan fingerprint density at radius 2 is 2.04 bits per heavy atom. The monoisotopic (exact) mass is 382 g/mol.